The van der Waals surface area contributed by atoms with E-state index in [4.69, 9.17) is 4.74 Å². The van der Waals surface area contributed by atoms with Crippen LogP contribution < -0.4 is 21.9 Å². The van der Waals surface area contributed by atoms with Gasteiger partial charge in [0.2, 0.25) is 0 Å². The molecule has 1 unspecified atom stereocenters. The van der Waals surface area contributed by atoms with E-state index in [1.54, 1.807) is 4.90 Å². The van der Waals surface area contributed by atoms with E-state index in [2.05, 4.69) is 72.8 Å². The van der Waals surface area contributed by atoms with Crippen molar-refractivity contribution in [3.63, 3.8) is 0 Å². The van der Waals surface area contributed by atoms with Gasteiger partial charge in [0.1, 0.15) is 5.60 Å². The topological polar surface area (TPSA) is 33.9 Å². The highest BCUT2D eigenvalue weighted by molar-refractivity contribution is 5.39. The molecular weight excluding hydrogens is 474 g/mol. The van der Waals surface area contributed by atoms with Gasteiger partial charge in [0.25, 0.3) is 0 Å². The zero-order chi connectivity index (χ0) is 21.9. The molecule has 3 nitrogen and oxygen atoms in total. The number of hydrogen-bond acceptors (Lipinski definition) is 2. The fourth-order valence-electron chi connectivity index (χ4n) is 6.22. The van der Waals surface area contributed by atoms with E-state index in [9.17, 15) is 5.11 Å². The Balaban J connectivity index is 0.00000259. The van der Waals surface area contributed by atoms with E-state index in [-0.39, 0.29) is 22.4 Å². The van der Waals surface area contributed by atoms with Crippen molar-refractivity contribution in [3.05, 3.63) is 108 Å². The lowest BCUT2D eigenvalue weighted by Gasteiger charge is -2.57. The van der Waals surface area contributed by atoms with Gasteiger partial charge in [-0.05, 0) is 16.7 Å². The van der Waals surface area contributed by atoms with Crippen LogP contribution in [0.2, 0.25) is 0 Å². The molecule has 0 aliphatic carbocycles. The van der Waals surface area contributed by atoms with Crippen molar-refractivity contribution in [1.82, 2.24) is 0 Å². The van der Waals surface area contributed by atoms with Crippen LogP contribution in [0.15, 0.2) is 91.0 Å². The van der Waals surface area contributed by atoms with Crippen molar-refractivity contribution in [1.29, 1.82) is 0 Å². The van der Waals surface area contributed by atoms with Gasteiger partial charge in [0, 0.05) is 31.1 Å². The first-order chi connectivity index (χ1) is 15.7. The summed E-state index contributed by atoms with van der Waals surface area (Å²) in [5, 5.41) is 12.6. The number of fused-ring (bicyclic) bond motifs is 3. The van der Waals surface area contributed by atoms with Crippen molar-refractivity contribution < 1.29 is 31.7 Å². The summed E-state index contributed by atoms with van der Waals surface area (Å²) in [6, 6.07) is 31.6. The van der Waals surface area contributed by atoms with Gasteiger partial charge in [-0.2, -0.15) is 0 Å². The standard InChI is InChI=1S/C29H33NO2.BrH/c31-29(25-12-6-2-7-13-25,26-14-8-3-9-15-26)28-17-19-30(20-18-28)27(22-28)16-21-32-23-24-10-4-1-5-11-24;/h1-15,27,31H,16-23H2;1H. The summed E-state index contributed by atoms with van der Waals surface area (Å²) >= 11 is 0. The number of quaternary nitrogens is 1. The summed E-state index contributed by atoms with van der Waals surface area (Å²) in [5.41, 5.74) is 2.17. The number of aliphatic hydroxyl groups is 1. The Kier molecular flexibility index (Phi) is 7.70. The molecule has 2 N–H and O–H groups in total. The number of rotatable bonds is 8. The molecule has 3 aliphatic rings. The van der Waals surface area contributed by atoms with Gasteiger partial charge >= 0.3 is 0 Å². The summed E-state index contributed by atoms with van der Waals surface area (Å²) in [5.74, 6) is 0. The van der Waals surface area contributed by atoms with Crippen molar-refractivity contribution in [3.8, 4) is 0 Å². The van der Waals surface area contributed by atoms with Crippen LogP contribution in [0.5, 0.6) is 0 Å². The molecule has 0 saturated carbocycles. The monoisotopic (exact) mass is 507 g/mol. The van der Waals surface area contributed by atoms with Crippen LogP contribution >= 0.6 is 0 Å². The molecule has 6 rings (SSSR count). The number of ether oxygens (including phenoxy) is 1. The summed E-state index contributed by atoms with van der Waals surface area (Å²) in [6.07, 6.45) is 4.20. The predicted octanol–water partition coefficient (Wildman–Crippen LogP) is 0.971. The Bertz CT molecular complexity index is 948. The third-order valence-corrected chi connectivity index (χ3v) is 7.94. The van der Waals surface area contributed by atoms with Gasteiger partial charge in [0.15, 0.2) is 0 Å². The second kappa shape index (κ2) is 10.5. The number of nitrogens with one attached hydrogen (secondary N) is 1. The van der Waals surface area contributed by atoms with Gasteiger partial charge in [-0.1, -0.05) is 91.0 Å². The van der Waals surface area contributed by atoms with Crippen LogP contribution in [-0.4, -0.2) is 30.8 Å². The average molecular weight is 509 g/mol. The van der Waals surface area contributed by atoms with Gasteiger partial charge < -0.3 is 31.7 Å². The number of hydrogen-bond donors (Lipinski definition) is 2. The zero-order valence-corrected chi connectivity index (χ0v) is 20.7. The highest BCUT2D eigenvalue weighted by Crippen LogP contribution is 2.54. The van der Waals surface area contributed by atoms with Crippen LogP contribution in [0.3, 0.4) is 0 Å². The van der Waals surface area contributed by atoms with E-state index in [0.717, 1.165) is 56.5 Å². The van der Waals surface area contributed by atoms with Crippen LogP contribution in [0.25, 0.3) is 0 Å². The van der Waals surface area contributed by atoms with Crippen molar-refractivity contribution in [2.45, 2.75) is 43.9 Å². The average Bonchev–Trinajstić information content (AvgIpc) is 2.88. The molecule has 1 atom stereocenters. The highest BCUT2D eigenvalue weighted by Gasteiger charge is 2.59. The normalized spacial score (nSPS) is 24.3. The van der Waals surface area contributed by atoms with E-state index >= 15 is 0 Å². The molecule has 3 aromatic rings. The molecule has 4 heteroatoms. The van der Waals surface area contributed by atoms with Crippen molar-refractivity contribution in [2.24, 2.45) is 5.41 Å². The fourth-order valence-corrected chi connectivity index (χ4v) is 6.22. The Morgan fingerprint density at radius 3 is 1.88 bits per heavy atom. The first-order valence-electron chi connectivity index (χ1n) is 12.0. The highest BCUT2D eigenvalue weighted by atomic mass is 79.9. The van der Waals surface area contributed by atoms with Crippen molar-refractivity contribution >= 4 is 0 Å². The minimum absolute atomic E-state index is 0. The quantitative estimate of drug-likeness (QED) is 0.445. The molecule has 2 bridgehead atoms. The van der Waals surface area contributed by atoms with Crippen LogP contribution in [0, 0.1) is 5.41 Å². The van der Waals surface area contributed by atoms with E-state index in [1.807, 2.05) is 18.2 Å². The molecule has 3 heterocycles. The maximum atomic E-state index is 12.6. The van der Waals surface area contributed by atoms with Gasteiger partial charge in [0.05, 0.1) is 32.3 Å². The van der Waals surface area contributed by atoms with E-state index in [0.29, 0.717) is 12.6 Å². The van der Waals surface area contributed by atoms with Crippen LogP contribution in [0.1, 0.15) is 42.4 Å². The summed E-state index contributed by atoms with van der Waals surface area (Å²) < 4.78 is 6.04. The third-order valence-electron chi connectivity index (χ3n) is 7.94. The first-order valence-corrected chi connectivity index (χ1v) is 12.0. The Morgan fingerprint density at radius 1 is 0.818 bits per heavy atom. The second-order valence-corrected chi connectivity index (χ2v) is 9.61. The lowest BCUT2D eigenvalue weighted by Crippen LogP contribution is -3.19. The molecule has 33 heavy (non-hydrogen) atoms. The van der Waals surface area contributed by atoms with Gasteiger partial charge in [-0.25, -0.2) is 0 Å². The number of halogens is 1. The SMILES string of the molecule is OC(c1ccccc1)(c1ccccc1)C12CC[NH+](CC1)C(CCOCc1ccccc1)C2.[Br-]. The fraction of sp³-hybridized carbons (Fsp3) is 0.379. The van der Waals surface area contributed by atoms with Gasteiger partial charge in [-0.3, -0.25) is 0 Å². The van der Waals surface area contributed by atoms with Crippen LogP contribution in [-0.2, 0) is 16.9 Å². The first kappa shape index (κ1) is 24.2. The predicted molar refractivity (Wildman–Crippen MR) is 127 cm³/mol. The van der Waals surface area contributed by atoms with E-state index in [1.165, 1.54) is 5.56 Å². The number of piperidine rings is 3. The van der Waals surface area contributed by atoms with Crippen molar-refractivity contribution in [2.75, 3.05) is 19.7 Å². The molecule has 3 fully saturated rings. The maximum absolute atomic E-state index is 12.6. The molecule has 0 aromatic heterocycles. The molecule has 3 aliphatic heterocycles. The summed E-state index contributed by atoms with van der Waals surface area (Å²) in [6.45, 7) is 3.71. The zero-order valence-electron chi connectivity index (χ0n) is 19.1. The Labute approximate surface area is 208 Å². The molecule has 3 saturated heterocycles. The van der Waals surface area contributed by atoms with Crippen LogP contribution in [0.4, 0.5) is 0 Å². The maximum Gasteiger partial charge on any atom is 0.121 e. The molecule has 0 amide bonds. The molecule has 0 radical (unpaired) electrons. The number of benzene rings is 3. The van der Waals surface area contributed by atoms with E-state index < -0.39 is 5.60 Å². The van der Waals surface area contributed by atoms with Gasteiger partial charge in [-0.15, -0.1) is 0 Å². The lowest BCUT2D eigenvalue weighted by atomic mass is 9.55. The second-order valence-electron chi connectivity index (χ2n) is 9.61. The molecule has 174 valence electrons. The smallest absolute Gasteiger partial charge is 0.121 e. The summed E-state index contributed by atoms with van der Waals surface area (Å²) in [4.78, 5) is 1.69. The molecule has 3 aromatic carbocycles. The lowest BCUT2D eigenvalue weighted by molar-refractivity contribution is -0.946. The Morgan fingerprint density at radius 2 is 1.33 bits per heavy atom. The third kappa shape index (κ3) is 4.67. The largest absolute Gasteiger partial charge is 1.00 e. The Hall–Kier alpha value is -1.98. The molecule has 0 spiro atoms. The molecular formula is C29H34BrNO2. The minimum atomic E-state index is -0.968. The summed E-state index contributed by atoms with van der Waals surface area (Å²) in [7, 11) is 0. The minimum Gasteiger partial charge on any atom is -1.00 e.